The van der Waals surface area contributed by atoms with E-state index in [1.165, 1.54) is 0 Å². The van der Waals surface area contributed by atoms with E-state index in [1.807, 2.05) is 26.0 Å². The predicted octanol–water partition coefficient (Wildman–Crippen LogP) is 1.90. The fourth-order valence-corrected chi connectivity index (χ4v) is 1.59. The monoisotopic (exact) mass is 247 g/mol. The first-order valence-electron chi connectivity index (χ1n) is 6.03. The number of aromatic hydroxyl groups is 1. The lowest BCUT2D eigenvalue weighted by molar-refractivity contribution is 0.469. The summed E-state index contributed by atoms with van der Waals surface area (Å²) < 4.78 is 5.54. The number of aryl methyl sites for hydroxylation is 1. The van der Waals surface area contributed by atoms with Crippen LogP contribution in [0.1, 0.15) is 18.4 Å². The van der Waals surface area contributed by atoms with Crippen molar-refractivity contribution in [2.24, 2.45) is 0 Å². The van der Waals surface area contributed by atoms with Gasteiger partial charge in [0.1, 0.15) is 5.75 Å². The summed E-state index contributed by atoms with van der Waals surface area (Å²) in [5.74, 6) is 1.28. The molecular formula is C13H17N3O2. The molecule has 18 heavy (non-hydrogen) atoms. The predicted molar refractivity (Wildman–Crippen MR) is 68.4 cm³/mol. The Kier molecular flexibility index (Phi) is 3.94. The third-order valence-corrected chi connectivity index (χ3v) is 2.69. The number of likely N-dealkylation sites (N-methyl/N-ethyl adjacent to an activating group) is 1. The Bertz CT molecular complexity index is 523. The molecule has 0 spiro atoms. The third kappa shape index (κ3) is 2.87. The average Bonchev–Trinajstić information content (AvgIpc) is 2.82. The van der Waals surface area contributed by atoms with E-state index in [-0.39, 0.29) is 5.75 Å². The summed E-state index contributed by atoms with van der Waals surface area (Å²) in [4.78, 5) is 0. The highest BCUT2D eigenvalue weighted by Crippen LogP contribution is 2.24. The number of rotatable bonds is 5. The Balaban J connectivity index is 2.11. The van der Waals surface area contributed by atoms with Crippen LogP contribution in [0.5, 0.6) is 5.75 Å². The van der Waals surface area contributed by atoms with Crippen molar-refractivity contribution in [3.8, 4) is 17.2 Å². The van der Waals surface area contributed by atoms with Crippen LogP contribution in [-0.2, 0) is 6.42 Å². The molecular weight excluding hydrogens is 230 g/mol. The Morgan fingerprint density at radius 2 is 2.17 bits per heavy atom. The lowest BCUT2D eigenvalue weighted by Crippen LogP contribution is -2.16. The molecule has 1 aromatic carbocycles. The van der Waals surface area contributed by atoms with Crippen molar-refractivity contribution < 1.29 is 9.52 Å². The SMILES string of the molecule is CCNCCc1nnc(-c2ccc(C)c(O)c2)o1. The molecule has 1 aromatic heterocycles. The highest BCUT2D eigenvalue weighted by atomic mass is 16.4. The summed E-state index contributed by atoms with van der Waals surface area (Å²) in [5.41, 5.74) is 1.56. The Morgan fingerprint density at radius 1 is 1.33 bits per heavy atom. The van der Waals surface area contributed by atoms with Gasteiger partial charge in [0.25, 0.3) is 0 Å². The van der Waals surface area contributed by atoms with E-state index in [4.69, 9.17) is 4.42 Å². The smallest absolute Gasteiger partial charge is 0.247 e. The summed E-state index contributed by atoms with van der Waals surface area (Å²) in [7, 11) is 0. The number of benzene rings is 1. The maximum absolute atomic E-state index is 9.64. The molecule has 0 aliphatic carbocycles. The van der Waals surface area contributed by atoms with Gasteiger partial charge in [0.15, 0.2) is 0 Å². The molecule has 0 unspecified atom stereocenters. The normalized spacial score (nSPS) is 10.8. The van der Waals surface area contributed by atoms with Crippen molar-refractivity contribution in [3.63, 3.8) is 0 Å². The Hall–Kier alpha value is -1.88. The van der Waals surface area contributed by atoms with E-state index in [0.717, 1.165) is 24.2 Å². The Morgan fingerprint density at radius 3 is 2.89 bits per heavy atom. The number of nitrogens with zero attached hydrogens (tertiary/aromatic N) is 2. The number of hydrogen-bond acceptors (Lipinski definition) is 5. The average molecular weight is 247 g/mol. The number of aromatic nitrogens is 2. The number of phenolic OH excluding ortho intramolecular Hbond substituents is 1. The molecule has 2 N–H and O–H groups in total. The molecule has 96 valence electrons. The third-order valence-electron chi connectivity index (χ3n) is 2.69. The van der Waals surface area contributed by atoms with Crippen LogP contribution < -0.4 is 5.32 Å². The van der Waals surface area contributed by atoms with Crippen LogP contribution in [0.3, 0.4) is 0 Å². The van der Waals surface area contributed by atoms with Gasteiger partial charge in [-0.25, -0.2) is 0 Å². The number of nitrogens with one attached hydrogen (secondary N) is 1. The number of phenols is 1. The van der Waals surface area contributed by atoms with E-state index in [1.54, 1.807) is 6.07 Å². The minimum atomic E-state index is 0.236. The molecule has 5 heteroatoms. The maximum Gasteiger partial charge on any atom is 0.247 e. The second-order valence-electron chi connectivity index (χ2n) is 4.11. The van der Waals surface area contributed by atoms with Crippen LogP contribution in [0, 0.1) is 6.92 Å². The van der Waals surface area contributed by atoms with Crippen molar-refractivity contribution in [2.45, 2.75) is 20.3 Å². The van der Waals surface area contributed by atoms with E-state index < -0.39 is 0 Å². The van der Waals surface area contributed by atoms with Crippen molar-refractivity contribution in [3.05, 3.63) is 29.7 Å². The maximum atomic E-state index is 9.64. The van der Waals surface area contributed by atoms with Crippen molar-refractivity contribution in [2.75, 3.05) is 13.1 Å². The van der Waals surface area contributed by atoms with Gasteiger partial charge >= 0.3 is 0 Å². The minimum absolute atomic E-state index is 0.236. The number of hydrogen-bond donors (Lipinski definition) is 2. The van der Waals surface area contributed by atoms with E-state index in [0.29, 0.717) is 18.2 Å². The van der Waals surface area contributed by atoms with Crippen molar-refractivity contribution in [1.29, 1.82) is 0 Å². The fourth-order valence-electron chi connectivity index (χ4n) is 1.59. The fraction of sp³-hybridized carbons (Fsp3) is 0.385. The first-order valence-corrected chi connectivity index (χ1v) is 6.03. The lowest BCUT2D eigenvalue weighted by Gasteiger charge is -2.00. The van der Waals surface area contributed by atoms with Gasteiger partial charge in [-0.05, 0) is 31.2 Å². The largest absolute Gasteiger partial charge is 0.508 e. The summed E-state index contributed by atoms with van der Waals surface area (Å²) in [5, 5.41) is 20.8. The highest BCUT2D eigenvalue weighted by Gasteiger charge is 2.09. The zero-order valence-electron chi connectivity index (χ0n) is 10.6. The first-order chi connectivity index (χ1) is 8.70. The van der Waals surface area contributed by atoms with E-state index >= 15 is 0 Å². The zero-order chi connectivity index (χ0) is 13.0. The van der Waals surface area contributed by atoms with Gasteiger partial charge < -0.3 is 14.8 Å². The van der Waals surface area contributed by atoms with Crippen molar-refractivity contribution in [1.82, 2.24) is 15.5 Å². The molecule has 0 saturated heterocycles. The van der Waals surface area contributed by atoms with Crippen LogP contribution in [0.15, 0.2) is 22.6 Å². The van der Waals surface area contributed by atoms with Gasteiger partial charge in [0, 0.05) is 18.5 Å². The van der Waals surface area contributed by atoms with Crippen LogP contribution in [0.4, 0.5) is 0 Å². The first kappa shape index (κ1) is 12.6. The summed E-state index contributed by atoms with van der Waals surface area (Å²) in [6.07, 6.45) is 0.707. The Labute approximate surface area is 106 Å². The summed E-state index contributed by atoms with van der Waals surface area (Å²) in [6, 6.07) is 5.32. The molecule has 2 aromatic rings. The lowest BCUT2D eigenvalue weighted by atomic mass is 10.1. The molecule has 0 amide bonds. The van der Waals surface area contributed by atoms with E-state index in [2.05, 4.69) is 15.5 Å². The van der Waals surface area contributed by atoms with Crippen LogP contribution in [0.2, 0.25) is 0 Å². The minimum Gasteiger partial charge on any atom is -0.508 e. The standard InChI is InChI=1S/C13H17N3O2/c1-3-14-7-6-12-15-16-13(18-12)10-5-4-9(2)11(17)8-10/h4-5,8,14,17H,3,6-7H2,1-2H3. The highest BCUT2D eigenvalue weighted by molar-refractivity contribution is 5.57. The molecule has 0 aliphatic rings. The molecule has 0 atom stereocenters. The van der Waals surface area contributed by atoms with Gasteiger partial charge in [0.2, 0.25) is 11.8 Å². The summed E-state index contributed by atoms with van der Waals surface area (Å²) in [6.45, 7) is 5.63. The second kappa shape index (κ2) is 5.64. The van der Waals surface area contributed by atoms with Gasteiger partial charge in [-0.2, -0.15) is 0 Å². The molecule has 0 bridgehead atoms. The van der Waals surface area contributed by atoms with Crippen LogP contribution in [-0.4, -0.2) is 28.4 Å². The molecule has 1 heterocycles. The molecule has 5 nitrogen and oxygen atoms in total. The van der Waals surface area contributed by atoms with Gasteiger partial charge in [-0.1, -0.05) is 13.0 Å². The van der Waals surface area contributed by atoms with Crippen LogP contribution >= 0.6 is 0 Å². The van der Waals surface area contributed by atoms with Gasteiger partial charge in [0.05, 0.1) is 0 Å². The topological polar surface area (TPSA) is 71.2 Å². The van der Waals surface area contributed by atoms with Gasteiger partial charge in [-0.3, -0.25) is 0 Å². The second-order valence-corrected chi connectivity index (χ2v) is 4.11. The van der Waals surface area contributed by atoms with Crippen molar-refractivity contribution >= 4 is 0 Å². The summed E-state index contributed by atoms with van der Waals surface area (Å²) >= 11 is 0. The van der Waals surface area contributed by atoms with Gasteiger partial charge in [-0.15, -0.1) is 10.2 Å². The molecule has 0 saturated carbocycles. The molecule has 0 fully saturated rings. The molecule has 0 radical (unpaired) electrons. The quantitative estimate of drug-likeness (QED) is 0.790. The molecule has 0 aliphatic heterocycles. The molecule has 2 rings (SSSR count). The van der Waals surface area contributed by atoms with E-state index in [9.17, 15) is 5.11 Å². The van der Waals surface area contributed by atoms with Crippen LogP contribution in [0.25, 0.3) is 11.5 Å². The zero-order valence-corrected chi connectivity index (χ0v) is 10.6.